The van der Waals surface area contributed by atoms with E-state index in [-0.39, 0.29) is 19.5 Å². The predicted octanol–water partition coefficient (Wildman–Crippen LogP) is 0.823. The van der Waals surface area contributed by atoms with Crippen LogP contribution in [0.5, 0.6) is 0 Å². The molecule has 16 heavy (non-hydrogen) atoms. The first-order valence-electron chi connectivity index (χ1n) is 3.92. The van der Waals surface area contributed by atoms with Gasteiger partial charge >= 0.3 is 19.5 Å². The normalized spacial score (nSPS) is 7.75. The smallest absolute Gasteiger partial charge is 0.724 e. The molecule has 0 amide bonds. The molecule has 0 bridgehead atoms. The van der Waals surface area contributed by atoms with Crippen LogP contribution < -0.4 is 0 Å². The van der Waals surface area contributed by atoms with Gasteiger partial charge in [-0.2, -0.15) is 0 Å². The molecule has 0 radical (unpaired) electrons. The third-order valence-electron chi connectivity index (χ3n) is 1.39. The number of aromatic nitrogens is 4. The number of hydrogen-bond acceptors (Lipinski definition) is 5. The first-order valence-corrected chi connectivity index (χ1v) is 3.92. The standard InChI is InChI=1S/C8H6N4.CNO.Ru/c1-3-11-7(5-9-1)8-6-10-2-4-12-8;2-1-3;/h1-6H;;/q;-1;+2. The van der Waals surface area contributed by atoms with E-state index in [4.69, 9.17) is 10.2 Å². The molecule has 2 aromatic heterocycles. The summed E-state index contributed by atoms with van der Waals surface area (Å²) >= 11 is 0. The van der Waals surface area contributed by atoms with Crippen molar-refractivity contribution in [2.24, 2.45) is 0 Å². The third kappa shape index (κ3) is 4.59. The molecule has 7 heteroatoms. The fourth-order valence-corrected chi connectivity index (χ4v) is 0.863. The summed E-state index contributed by atoms with van der Waals surface area (Å²) in [6.07, 6.45) is 10.3. The molecule has 0 unspecified atom stereocenters. The summed E-state index contributed by atoms with van der Waals surface area (Å²) in [6, 6.07) is 0. The van der Waals surface area contributed by atoms with E-state index in [0.717, 1.165) is 11.4 Å². The van der Waals surface area contributed by atoms with E-state index < -0.39 is 0 Å². The van der Waals surface area contributed by atoms with E-state index in [1.165, 1.54) is 0 Å². The van der Waals surface area contributed by atoms with Gasteiger partial charge in [0.05, 0.1) is 12.4 Å². The SMILES string of the molecule is [N-]=C=O.[Ru+2].c1cnc(-c2cnccn2)cn1. The number of nitrogens with zero attached hydrogens (tertiary/aromatic N) is 5. The van der Waals surface area contributed by atoms with Crippen LogP contribution >= 0.6 is 0 Å². The van der Waals surface area contributed by atoms with Gasteiger partial charge in [0.15, 0.2) is 0 Å². The van der Waals surface area contributed by atoms with Crippen LogP contribution in [0.25, 0.3) is 16.8 Å². The Bertz CT molecular complexity index is 393. The molecule has 2 rings (SSSR count). The second kappa shape index (κ2) is 8.47. The second-order valence-electron chi connectivity index (χ2n) is 2.27. The zero-order valence-corrected chi connectivity index (χ0v) is 9.70. The summed E-state index contributed by atoms with van der Waals surface area (Å²) < 4.78 is 0. The molecule has 0 fully saturated rings. The van der Waals surface area contributed by atoms with Crippen LogP contribution in [0, 0.1) is 0 Å². The molecule has 0 N–H and O–H groups in total. The van der Waals surface area contributed by atoms with Gasteiger partial charge in [-0.25, -0.2) is 0 Å². The average molecular weight is 301 g/mol. The molecular weight excluding hydrogens is 295 g/mol. The Hall–Kier alpha value is -1.84. The van der Waals surface area contributed by atoms with Gasteiger partial charge in [0.2, 0.25) is 0 Å². The molecule has 80 valence electrons. The van der Waals surface area contributed by atoms with Gasteiger partial charge in [0.1, 0.15) is 11.4 Å². The van der Waals surface area contributed by atoms with E-state index >= 15 is 0 Å². The molecule has 0 atom stereocenters. The van der Waals surface area contributed by atoms with Gasteiger partial charge in [-0.15, -0.1) is 0 Å². The van der Waals surface area contributed by atoms with E-state index in [9.17, 15) is 0 Å². The molecule has 0 saturated carbocycles. The molecule has 0 aliphatic heterocycles. The maximum Gasteiger partial charge on any atom is 2.00 e. The summed E-state index contributed by atoms with van der Waals surface area (Å²) in [5.41, 5.74) is 1.48. The Morgan fingerprint density at radius 2 is 1.31 bits per heavy atom. The molecule has 2 heterocycles. The van der Waals surface area contributed by atoms with Crippen molar-refractivity contribution >= 4 is 6.08 Å². The van der Waals surface area contributed by atoms with E-state index in [0.29, 0.717) is 6.08 Å². The topological polar surface area (TPSA) is 90.9 Å². The molecule has 0 spiro atoms. The second-order valence-corrected chi connectivity index (χ2v) is 2.27. The molecule has 2 aromatic rings. The minimum atomic E-state index is 0. The Labute approximate surface area is 104 Å². The molecule has 0 aromatic carbocycles. The summed E-state index contributed by atoms with van der Waals surface area (Å²) in [7, 11) is 0. The fourth-order valence-electron chi connectivity index (χ4n) is 0.863. The first kappa shape index (κ1) is 14.2. The zero-order valence-electron chi connectivity index (χ0n) is 7.96. The quantitative estimate of drug-likeness (QED) is 0.442. The van der Waals surface area contributed by atoms with Gasteiger partial charge in [-0.1, -0.05) is 0 Å². The summed E-state index contributed by atoms with van der Waals surface area (Å²) in [5.74, 6) is 0. The van der Waals surface area contributed by atoms with Crippen molar-refractivity contribution in [2.45, 2.75) is 0 Å². The Balaban J connectivity index is 0.000000511. The minimum absolute atomic E-state index is 0. The van der Waals surface area contributed by atoms with Crippen LogP contribution in [-0.4, -0.2) is 26.0 Å². The third-order valence-corrected chi connectivity index (χ3v) is 1.39. The van der Waals surface area contributed by atoms with Gasteiger partial charge < -0.3 is 5.41 Å². The Morgan fingerprint density at radius 3 is 1.56 bits per heavy atom. The maximum absolute atomic E-state index is 8.24. The largest absolute Gasteiger partial charge is 2.00 e. The van der Waals surface area contributed by atoms with Crippen molar-refractivity contribution in [3.63, 3.8) is 0 Å². The van der Waals surface area contributed by atoms with Crippen LogP contribution in [0.1, 0.15) is 0 Å². The van der Waals surface area contributed by atoms with Crippen LogP contribution in [0.15, 0.2) is 37.2 Å². The van der Waals surface area contributed by atoms with Crippen LogP contribution in [-0.2, 0) is 24.3 Å². The van der Waals surface area contributed by atoms with Gasteiger partial charge in [0, 0.05) is 24.8 Å². The van der Waals surface area contributed by atoms with Gasteiger partial charge in [-0.3, -0.25) is 24.7 Å². The van der Waals surface area contributed by atoms with Crippen molar-refractivity contribution < 1.29 is 24.3 Å². The number of rotatable bonds is 1. The summed E-state index contributed by atoms with van der Waals surface area (Å²) in [6.45, 7) is 0. The maximum atomic E-state index is 8.24. The fraction of sp³-hybridized carbons (Fsp3) is 0. The number of isocyanates is 1. The molecule has 0 aliphatic carbocycles. The predicted molar refractivity (Wildman–Crippen MR) is 52.1 cm³/mol. The van der Waals surface area contributed by atoms with Crippen molar-refractivity contribution in [1.82, 2.24) is 19.9 Å². The first-order chi connectivity index (χ1) is 7.38. The molecule has 6 nitrogen and oxygen atoms in total. The average Bonchev–Trinajstić information content (AvgIpc) is 2.32. The minimum Gasteiger partial charge on any atom is -0.724 e. The van der Waals surface area contributed by atoms with E-state index in [1.54, 1.807) is 37.2 Å². The van der Waals surface area contributed by atoms with Crippen molar-refractivity contribution in [3.8, 4) is 11.4 Å². The Kier molecular flexibility index (Phi) is 7.50. The van der Waals surface area contributed by atoms with E-state index in [2.05, 4.69) is 19.9 Å². The van der Waals surface area contributed by atoms with Crippen molar-refractivity contribution in [3.05, 3.63) is 42.6 Å². The van der Waals surface area contributed by atoms with Gasteiger partial charge in [0.25, 0.3) is 0 Å². The van der Waals surface area contributed by atoms with Crippen LogP contribution in [0.2, 0.25) is 0 Å². The monoisotopic (exact) mass is 302 g/mol. The van der Waals surface area contributed by atoms with Crippen LogP contribution in [0.3, 0.4) is 0 Å². The molecular formula is C9H6N5ORu+. The van der Waals surface area contributed by atoms with Crippen LogP contribution in [0.4, 0.5) is 0 Å². The molecule has 0 aliphatic rings. The number of carbonyl (C=O) groups excluding carboxylic acids is 1. The molecule has 0 saturated heterocycles. The zero-order chi connectivity index (χ0) is 10.9. The number of hydrogen-bond donors (Lipinski definition) is 0. The van der Waals surface area contributed by atoms with Crippen molar-refractivity contribution in [1.29, 1.82) is 0 Å². The van der Waals surface area contributed by atoms with Crippen molar-refractivity contribution in [2.75, 3.05) is 0 Å². The summed E-state index contributed by atoms with van der Waals surface area (Å²) in [4.78, 5) is 24.3. The van der Waals surface area contributed by atoms with E-state index in [1.807, 2.05) is 0 Å². The Morgan fingerprint density at radius 1 is 0.938 bits per heavy atom. The van der Waals surface area contributed by atoms with Gasteiger partial charge in [-0.05, 0) is 6.08 Å². The summed E-state index contributed by atoms with van der Waals surface area (Å²) in [5, 5.41) is 6.76.